The van der Waals surface area contributed by atoms with Gasteiger partial charge in [-0.3, -0.25) is 4.79 Å². The molecule has 0 aliphatic carbocycles. The first-order valence-electron chi connectivity index (χ1n) is 7.09. The number of carbonyl (C=O) groups is 2. The van der Waals surface area contributed by atoms with E-state index in [1.807, 2.05) is 6.07 Å². The van der Waals surface area contributed by atoms with E-state index in [0.29, 0.717) is 16.0 Å². The number of hydrogen-bond donors (Lipinski definition) is 2. The highest BCUT2D eigenvalue weighted by Gasteiger charge is 2.17. The minimum absolute atomic E-state index is 0.00700. The van der Waals surface area contributed by atoms with E-state index in [-0.39, 0.29) is 21.3 Å². The lowest BCUT2D eigenvalue weighted by molar-refractivity contribution is 0.0696. The van der Waals surface area contributed by atoms with Crippen LogP contribution in [0.5, 0.6) is 0 Å². The van der Waals surface area contributed by atoms with E-state index >= 15 is 0 Å². The smallest absolute Gasteiger partial charge is 0.337 e. The lowest BCUT2D eigenvalue weighted by Crippen LogP contribution is -2.13. The van der Waals surface area contributed by atoms with Crippen LogP contribution < -0.4 is 5.32 Å². The van der Waals surface area contributed by atoms with Gasteiger partial charge in [0, 0.05) is 16.0 Å². The fraction of sp³-hybridized carbons (Fsp3) is 0. The van der Waals surface area contributed by atoms with Crippen LogP contribution in [0.25, 0.3) is 10.8 Å². The molecule has 126 valence electrons. The number of anilines is 1. The van der Waals surface area contributed by atoms with Crippen LogP contribution in [0.4, 0.5) is 5.69 Å². The summed E-state index contributed by atoms with van der Waals surface area (Å²) in [7, 11) is 0. The highest BCUT2D eigenvalue weighted by Crippen LogP contribution is 2.31. The van der Waals surface area contributed by atoms with Gasteiger partial charge in [0.15, 0.2) is 0 Å². The fourth-order valence-electron chi connectivity index (χ4n) is 2.47. The van der Waals surface area contributed by atoms with Crippen molar-refractivity contribution in [3.63, 3.8) is 0 Å². The minimum Gasteiger partial charge on any atom is -0.478 e. The molecule has 0 radical (unpaired) electrons. The third-order valence-corrected chi connectivity index (χ3v) is 4.60. The molecular formula is C18H10Cl3NO3. The lowest BCUT2D eigenvalue weighted by Gasteiger charge is -2.11. The second-order valence-corrected chi connectivity index (χ2v) is 6.43. The Morgan fingerprint density at radius 3 is 2.20 bits per heavy atom. The van der Waals surface area contributed by atoms with Gasteiger partial charge in [-0.1, -0.05) is 59.1 Å². The molecule has 3 aromatic carbocycles. The van der Waals surface area contributed by atoms with E-state index in [1.54, 1.807) is 30.3 Å². The Morgan fingerprint density at radius 1 is 0.800 bits per heavy atom. The SMILES string of the molecule is O=C(O)c1cc(NC(=O)c2cccc3c(Cl)cccc23)c(Cl)cc1Cl. The monoisotopic (exact) mass is 393 g/mol. The van der Waals surface area contributed by atoms with E-state index < -0.39 is 11.9 Å². The summed E-state index contributed by atoms with van der Waals surface area (Å²) < 4.78 is 0. The number of aromatic carboxylic acids is 1. The largest absolute Gasteiger partial charge is 0.478 e. The zero-order valence-electron chi connectivity index (χ0n) is 12.5. The molecule has 0 bridgehead atoms. The summed E-state index contributed by atoms with van der Waals surface area (Å²) in [5.74, 6) is -1.65. The summed E-state index contributed by atoms with van der Waals surface area (Å²) in [6, 6.07) is 12.9. The van der Waals surface area contributed by atoms with Crippen molar-refractivity contribution in [3.8, 4) is 0 Å². The third kappa shape index (κ3) is 3.42. The van der Waals surface area contributed by atoms with Crippen molar-refractivity contribution < 1.29 is 14.7 Å². The molecule has 7 heteroatoms. The van der Waals surface area contributed by atoms with Crippen molar-refractivity contribution in [1.82, 2.24) is 0 Å². The van der Waals surface area contributed by atoms with Crippen molar-refractivity contribution in [1.29, 1.82) is 0 Å². The van der Waals surface area contributed by atoms with E-state index in [0.717, 1.165) is 5.39 Å². The Hall–Kier alpha value is -2.27. The summed E-state index contributed by atoms with van der Waals surface area (Å²) in [4.78, 5) is 23.9. The zero-order chi connectivity index (χ0) is 18.1. The standard InChI is InChI=1S/C18H10Cl3NO3/c19-13-6-2-3-9-10(13)4-1-5-11(9)17(23)22-16-7-12(18(24)25)14(20)8-15(16)21/h1-8H,(H,22,23)(H,24,25). The highest BCUT2D eigenvalue weighted by atomic mass is 35.5. The predicted octanol–water partition coefficient (Wildman–Crippen LogP) is 5.75. The summed E-state index contributed by atoms with van der Waals surface area (Å²) in [6.07, 6.45) is 0. The number of nitrogens with one attached hydrogen (secondary N) is 1. The molecule has 1 amide bonds. The second kappa shape index (κ2) is 6.92. The van der Waals surface area contributed by atoms with Gasteiger partial charge in [-0.25, -0.2) is 4.79 Å². The van der Waals surface area contributed by atoms with Gasteiger partial charge < -0.3 is 10.4 Å². The first kappa shape index (κ1) is 17.5. The van der Waals surface area contributed by atoms with E-state index in [1.165, 1.54) is 12.1 Å². The molecular weight excluding hydrogens is 385 g/mol. The Labute approximate surface area is 157 Å². The van der Waals surface area contributed by atoms with E-state index in [9.17, 15) is 9.59 Å². The van der Waals surface area contributed by atoms with Crippen molar-refractivity contribution >= 4 is 63.1 Å². The molecule has 3 rings (SSSR count). The molecule has 0 saturated carbocycles. The van der Waals surface area contributed by atoms with Crippen LogP contribution in [-0.2, 0) is 0 Å². The molecule has 0 aliphatic heterocycles. The quantitative estimate of drug-likeness (QED) is 0.594. The van der Waals surface area contributed by atoms with Crippen LogP contribution >= 0.6 is 34.8 Å². The van der Waals surface area contributed by atoms with Gasteiger partial charge >= 0.3 is 5.97 Å². The Balaban J connectivity index is 2.03. The van der Waals surface area contributed by atoms with Crippen molar-refractivity contribution in [2.75, 3.05) is 5.32 Å². The van der Waals surface area contributed by atoms with Gasteiger partial charge in [0.25, 0.3) is 5.91 Å². The topological polar surface area (TPSA) is 66.4 Å². The first-order valence-corrected chi connectivity index (χ1v) is 8.23. The number of amides is 1. The predicted molar refractivity (Wildman–Crippen MR) is 100 cm³/mol. The number of fused-ring (bicyclic) bond motifs is 1. The van der Waals surface area contributed by atoms with E-state index in [4.69, 9.17) is 39.9 Å². The number of rotatable bonds is 3. The molecule has 0 aliphatic rings. The molecule has 0 spiro atoms. The molecule has 0 atom stereocenters. The van der Waals surface area contributed by atoms with Crippen LogP contribution in [0, 0.1) is 0 Å². The molecule has 0 saturated heterocycles. The van der Waals surface area contributed by atoms with Gasteiger partial charge in [0.1, 0.15) is 0 Å². The maximum absolute atomic E-state index is 12.7. The zero-order valence-corrected chi connectivity index (χ0v) is 14.8. The molecule has 0 heterocycles. The molecule has 0 fully saturated rings. The molecule has 3 aromatic rings. The molecule has 2 N–H and O–H groups in total. The number of hydrogen-bond acceptors (Lipinski definition) is 2. The molecule has 0 unspecified atom stereocenters. The third-order valence-electron chi connectivity index (χ3n) is 3.65. The number of halogens is 3. The number of benzene rings is 3. The maximum atomic E-state index is 12.7. The number of carbonyl (C=O) groups excluding carboxylic acids is 1. The summed E-state index contributed by atoms with van der Waals surface area (Å²) in [5.41, 5.74) is 0.401. The van der Waals surface area contributed by atoms with Crippen LogP contribution in [0.2, 0.25) is 15.1 Å². The van der Waals surface area contributed by atoms with Crippen LogP contribution in [0.3, 0.4) is 0 Å². The maximum Gasteiger partial charge on any atom is 0.337 e. The second-order valence-electron chi connectivity index (χ2n) is 5.21. The Morgan fingerprint density at radius 2 is 1.48 bits per heavy atom. The highest BCUT2D eigenvalue weighted by molar-refractivity contribution is 6.39. The molecule has 25 heavy (non-hydrogen) atoms. The van der Waals surface area contributed by atoms with Gasteiger partial charge in [0.05, 0.1) is 21.3 Å². The summed E-state index contributed by atoms with van der Waals surface area (Å²) >= 11 is 18.1. The van der Waals surface area contributed by atoms with Gasteiger partial charge in [-0.15, -0.1) is 0 Å². The van der Waals surface area contributed by atoms with Crippen LogP contribution in [0.15, 0.2) is 48.5 Å². The Bertz CT molecular complexity index is 1020. The normalized spacial score (nSPS) is 10.7. The first-order chi connectivity index (χ1) is 11.9. The minimum atomic E-state index is -1.21. The van der Waals surface area contributed by atoms with E-state index in [2.05, 4.69) is 5.32 Å². The van der Waals surface area contributed by atoms with Crippen LogP contribution in [-0.4, -0.2) is 17.0 Å². The van der Waals surface area contributed by atoms with Crippen LogP contribution in [0.1, 0.15) is 20.7 Å². The molecule has 0 aromatic heterocycles. The van der Waals surface area contributed by atoms with Crippen molar-refractivity contribution in [3.05, 3.63) is 74.7 Å². The summed E-state index contributed by atoms with van der Waals surface area (Å²) in [5, 5.41) is 13.9. The molecule has 4 nitrogen and oxygen atoms in total. The number of carboxylic acids is 1. The van der Waals surface area contributed by atoms with Gasteiger partial charge in [0.2, 0.25) is 0 Å². The van der Waals surface area contributed by atoms with Gasteiger partial charge in [-0.05, 0) is 29.7 Å². The van der Waals surface area contributed by atoms with Gasteiger partial charge in [-0.2, -0.15) is 0 Å². The average molecular weight is 395 g/mol. The fourth-order valence-corrected chi connectivity index (χ4v) is 3.22. The average Bonchev–Trinajstić information content (AvgIpc) is 2.56. The van der Waals surface area contributed by atoms with Crippen molar-refractivity contribution in [2.45, 2.75) is 0 Å². The number of carboxylic acid groups (broad SMARTS) is 1. The summed E-state index contributed by atoms with van der Waals surface area (Å²) in [6.45, 7) is 0. The Kier molecular flexibility index (Phi) is 4.86. The van der Waals surface area contributed by atoms with Crippen molar-refractivity contribution in [2.24, 2.45) is 0 Å². The lowest BCUT2D eigenvalue weighted by atomic mass is 10.0.